The van der Waals surface area contributed by atoms with Crippen molar-refractivity contribution >= 4 is 11.6 Å². The van der Waals surface area contributed by atoms with Gasteiger partial charge in [-0.15, -0.1) is 0 Å². The van der Waals surface area contributed by atoms with E-state index in [2.05, 4.69) is 42.2 Å². The normalized spacial score (nSPS) is 16.2. The lowest BCUT2D eigenvalue weighted by Crippen LogP contribution is -1.85. The summed E-state index contributed by atoms with van der Waals surface area (Å²) in [5, 5.41) is 0. The van der Waals surface area contributed by atoms with Crippen LogP contribution in [-0.4, -0.2) is 4.98 Å². The highest BCUT2D eigenvalue weighted by molar-refractivity contribution is 5.85. The van der Waals surface area contributed by atoms with Crippen LogP contribution in [0.25, 0.3) is 11.6 Å². The molecule has 0 unspecified atom stereocenters. The van der Waals surface area contributed by atoms with Gasteiger partial charge in [0.05, 0.1) is 0 Å². The summed E-state index contributed by atoms with van der Waals surface area (Å²) < 4.78 is 0. The van der Waals surface area contributed by atoms with E-state index in [0.717, 1.165) is 6.42 Å². The zero-order valence-electron chi connectivity index (χ0n) is 9.98. The lowest BCUT2D eigenvalue weighted by molar-refractivity contribution is 1.07. The van der Waals surface area contributed by atoms with Gasteiger partial charge in [0, 0.05) is 12.4 Å². The molecule has 1 aliphatic rings. The summed E-state index contributed by atoms with van der Waals surface area (Å²) in [6.45, 7) is 2.20. The Labute approximate surface area is 102 Å². The number of nitrogens with zero attached hydrogens (tertiary/aromatic N) is 1. The number of aryl methyl sites for hydroxylation is 1. The number of rotatable bonds is 1. The van der Waals surface area contributed by atoms with Gasteiger partial charge < -0.3 is 0 Å². The highest BCUT2D eigenvalue weighted by Gasteiger charge is 2.17. The lowest BCUT2D eigenvalue weighted by Gasteiger charge is -2.03. The maximum Gasteiger partial charge on any atom is 0.0340 e. The van der Waals surface area contributed by atoms with Crippen LogP contribution < -0.4 is 0 Å². The van der Waals surface area contributed by atoms with Crippen LogP contribution in [0.4, 0.5) is 0 Å². The molecule has 3 rings (SSSR count). The largest absolute Gasteiger partial charge is 0.264 e. The number of aromatic nitrogens is 1. The van der Waals surface area contributed by atoms with E-state index >= 15 is 0 Å². The molecule has 17 heavy (non-hydrogen) atoms. The van der Waals surface area contributed by atoms with E-state index in [9.17, 15) is 0 Å². The Bertz CT molecular complexity index is 567. The van der Waals surface area contributed by atoms with Crippen molar-refractivity contribution in [2.75, 3.05) is 0 Å². The van der Waals surface area contributed by atoms with E-state index in [4.69, 9.17) is 0 Å². The molecule has 1 nitrogen and oxygen atoms in total. The lowest BCUT2D eigenvalue weighted by atomic mass is 10.0. The van der Waals surface area contributed by atoms with Gasteiger partial charge in [0.2, 0.25) is 0 Å². The predicted molar refractivity (Wildman–Crippen MR) is 71.6 cm³/mol. The molecule has 0 aliphatic heterocycles. The van der Waals surface area contributed by atoms with Crippen molar-refractivity contribution in [3.05, 3.63) is 65.0 Å². The molecule has 0 bridgehead atoms. The zero-order chi connectivity index (χ0) is 11.7. The minimum atomic E-state index is 1.15. The van der Waals surface area contributed by atoms with Gasteiger partial charge in [-0.3, -0.25) is 4.98 Å². The Kier molecular flexibility index (Phi) is 2.52. The first kappa shape index (κ1) is 10.3. The van der Waals surface area contributed by atoms with Crippen LogP contribution in [-0.2, 0) is 6.42 Å². The third kappa shape index (κ3) is 1.89. The monoisotopic (exact) mass is 221 g/mol. The minimum Gasteiger partial charge on any atom is -0.264 e. The molecule has 0 atom stereocenters. The van der Waals surface area contributed by atoms with E-state index in [-0.39, 0.29) is 0 Å². The molecule has 0 N–H and O–H groups in total. The number of hydrogen-bond acceptors (Lipinski definition) is 1. The summed E-state index contributed by atoms with van der Waals surface area (Å²) in [6, 6.07) is 10.7. The van der Waals surface area contributed by atoms with Crippen molar-refractivity contribution in [1.82, 2.24) is 4.98 Å². The van der Waals surface area contributed by atoms with Crippen molar-refractivity contribution in [2.24, 2.45) is 0 Å². The molecule has 0 radical (unpaired) electrons. The summed E-state index contributed by atoms with van der Waals surface area (Å²) in [5.41, 5.74) is 6.99. The van der Waals surface area contributed by atoms with Gasteiger partial charge in [-0.2, -0.15) is 0 Å². The highest BCUT2D eigenvalue weighted by Crippen LogP contribution is 2.35. The van der Waals surface area contributed by atoms with Gasteiger partial charge in [0.1, 0.15) is 0 Å². The molecule has 0 spiro atoms. The molecule has 84 valence electrons. The van der Waals surface area contributed by atoms with E-state index in [1.807, 2.05) is 18.5 Å². The van der Waals surface area contributed by atoms with Crippen LogP contribution in [0.3, 0.4) is 0 Å². The van der Waals surface area contributed by atoms with Gasteiger partial charge in [0.25, 0.3) is 0 Å². The van der Waals surface area contributed by atoms with Crippen molar-refractivity contribution in [1.29, 1.82) is 0 Å². The van der Waals surface area contributed by atoms with Crippen LogP contribution in [0.15, 0.2) is 42.7 Å². The summed E-state index contributed by atoms with van der Waals surface area (Å²) in [6.07, 6.45) is 8.32. The molecule has 0 amide bonds. The second kappa shape index (κ2) is 4.17. The Hall–Kier alpha value is -1.89. The fourth-order valence-electron chi connectivity index (χ4n) is 2.54. The van der Waals surface area contributed by atoms with Gasteiger partial charge in [-0.05, 0) is 59.7 Å². The molecule has 1 heterocycles. The molecule has 1 aliphatic carbocycles. The molecular formula is C16H15N. The average molecular weight is 221 g/mol. The maximum atomic E-state index is 4.16. The molecule has 0 saturated carbocycles. The molecule has 0 saturated heterocycles. The minimum absolute atomic E-state index is 1.15. The van der Waals surface area contributed by atoms with Crippen molar-refractivity contribution in [2.45, 2.75) is 19.8 Å². The Balaban J connectivity index is 2.05. The summed E-state index contributed by atoms with van der Waals surface area (Å²) >= 11 is 0. The maximum absolute atomic E-state index is 4.16. The van der Waals surface area contributed by atoms with Gasteiger partial charge >= 0.3 is 0 Å². The summed E-state index contributed by atoms with van der Waals surface area (Å²) in [7, 11) is 0. The summed E-state index contributed by atoms with van der Waals surface area (Å²) in [4.78, 5) is 4.16. The van der Waals surface area contributed by atoms with Crippen molar-refractivity contribution in [3.8, 4) is 0 Å². The van der Waals surface area contributed by atoms with Crippen LogP contribution in [0.5, 0.6) is 0 Å². The van der Waals surface area contributed by atoms with Crippen molar-refractivity contribution in [3.63, 3.8) is 0 Å². The fraction of sp³-hybridized carbons (Fsp3) is 0.188. The SMILES string of the molecule is Cc1cccc2c1CC/C2=C\c1cccnc1. The van der Waals surface area contributed by atoms with Crippen LogP contribution >= 0.6 is 0 Å². The standard InChI is InChI=1S/C16H15N/c1-12-4-2-6-16-14(7-8-15(12)16)10-13-5-3-9-17-11-13/h2-6,9-11H,7-8H2,1H3/b14-10+. The fourth-order valence-corrected chi connectivity index (χ4v) is 2.54. The molecule has 2 aromatic rings. The van der Waals surface area contributed by atoms with E-state index in [1.165, 1.54) is 34.2 Å². The third-order valence-corrected chi connectivity index (χ3v) is 3.43. The van der Waals surface area contributed by atoms with Gasteiger partial charge in [-0.25, -0.2) is 0 Å². The molecule has 0 fully saturated rings. The van der Waals surface area contributed by atoms with E-state index in [1.54, 1.807) is 0 Å². The van der Waals surface area contributed by atoms with Crippen molar-refractivity contribution < 1.29 is 0 Å². The predicted octanol–water partition coefficient (Wildman–Crippen LogP) is 3.88. The Morgan fingerprint density at radius 2 is 2.06 bits per heavy atom. The third-order valence-electron chi connectivity index (χ3n) is 3.43. The number of allylic oxidation sites excluding steroid dienone is 1. The molecule has 1 aromatic carbocycles. The van der Waals surface area contributed by atoms with Gasteiger partial charge in [0.15, 0.2) is 0 Å². The first-order valence-electron chi connectivity index (χ1n) is 6.04. The quantitative estimate of drug-likeness (QED) is 0.712. The number of benzene rings is 1. The Morgan fingerprint density at radius 3 is 2.88 bits per heavy atom. The van der Waals surface area contributed by atoms with E-state index < -0.39 is 0 Å². The molecule has 1 aromatic heterocycles. The molecular weight excluding hydrogens is 206 g/mol. The first-order chi connectivity index (χ1) is 8.34. The van der Waals surface area contributed by atoms with Crippen LogP contribution in [0.2, 0.25) is 0 Å². The Morgan fingerprint density at radius 1 is 1.12 bits per heavy atom. The zero-order valence-corrected chi connectivity index (χ0v) is 9.98. The first-order valence-corrected chi connectivity index (χ1v) is 6.04. The summed E-state index contributed by atoms with van der Waals surface area (Å²) in [5.74, 6) is 0. The average Bonchev–Trinajstić information content (AvgIpc) is 2.76. The number of pyridine rings is 1. The van der Waals surface area contributed by atoms with Crippen LogP contribution in [0, 0.1) is 6.92 Å². The smallest absolute Gasteiger partial charge is 0.0340 e. The molecule has 1 heteroatoms. The second-order valence-electron chi connectivity index (χ2n) is 4.56. The highest BCUT2D eigenvalue weighted by atomic mass is 14.6. The number of fused-ring (bicyclic) bond motifs is 1. The number of hydrogen-bond donors (Lipinski definition) is 0. The second-order valence-corrected chi connectivity index (χ2v) is 4.56. The van der Waals surface area contributed by atoms with Gasteiger partial charge in [-0.1, -0.05) is 24.3 Å². The van der Waals surface area contributed by atoms with E-state index in [0.29, 0.717) is 0 Å². The van der Waals surface area contributed by atoms with Crippen LogP contribution in [0.1, 0.15) is 28.7 Å². The topological polar surface area (TPSA) is 12.9 Å².